The molecule has 214 valence electrons. The largest absolute Gasteiger partial charge is 0.497 e. The fraction of sp³-hybridized carbons (Fsp3) is 0.517. The van der Waals surface area contributed by atoms with Gasteiger partial charge in [-0.3, -0.25) is 13.9 Å². The number of anilines is 1. The molecule has 2 aromatic rings. The van der Waals surface area contributed by atoms with Gasteiger partial charge in [0.05, 0.1) is 19.1 Å². The van der Waals surface area contributed by atoms with E-state index in [1.54, 1.807) is 41.3 Å². The van der Waals surface area contributed by atoms with Gasteiger partial charge in [0.15, 0.2) is 0 Å². The molecule has 1 aliphatic carbocycles. The number of methoxy groups -OCH3 is 1. The minimum absolute atomic E-state index is 0.0522. The second-order valence-electron chi connectivity index (χ2n) is 10.1. The molecular formula is C29H40FN3O5S. The predicted molar refractivity (Wildman–Crippen MR) is 150 cm³/mol. The Hall–Kier alpha value is -3.14. The molecule has 2 amide bonds. The van der Waals surface area contributed by atoms with Gasteiger partial charge in [0.2, 0.25) is 21.8 Å². The van der Waals surface area contributed by atoms with Crippen LogP contribution in [0.5, 0.6) is 5.75 Å². The van der Waals surface area contributed by atoms with Crippen molar-refractivity contribution in [2.45, 2.75) is 76.9 Å². The zero-order valence-corrected chi connectivity index (χ0v) is 23.9. The number of ether oxygens (including phenoxy) is 1. The summed E-state index contributed by atoms with van der Waals surface area (Å²) in [6, 6.07) is 12.0. The van der Waals surface area contributed by atoms with Crippen LogP contribution in [-0.4, -0.2) is 57.1 Å². The van der Waals surface area contributed by atoms with Crippen LogP contribution in [0.3, 0.4) is 0 Å². The Labute approximate surface area is 231 Å². The summed E-state index contributed by atoms with van der Waals surface area (Å²) in [6.45, 7) is 2.13. The van der Waals surface area contributed by atoms with E-state index in [1.807, 2.05) is 6.92 Å². The monoisotopic (exact) mass is 561 g/mol. The maximum Gasteiger partial charge on any atom is 0.243 e. The van der Waals surface area contributed by atoms with Gasteiger partial charge in [-0.15, -0.1) is 0 Å². The quantitative estimate of drug-likeness (QED) is 0.385. The van der Waals surface area contributed by atoms with E-state index in [-0.39, 0.29) is 49.6 Å². The van der Waals surface area contributed by atoms with Gasteiger partial charge in [0.1, 0.15) is 17.6 Å². The van der Waals surface area contributed by atoms with E-state index < -0.39 is 16.1 Å². The molecule has 0 bridgehead atoms. The molecule has 8 nitrogen and oxygen atoms in total. The van der Waals surface area contributed by atoms with Crippen LogP contribution in [-0.2, 0) is 26.2 Å². The number of nitrogens with one attached hydrogen (secondary N) is 1. The number of nitrogens with zero attached hydrogens (tertiary/aromatic N) is 2. The van der Waals surface area contributed by atoms with E-state index >= 15 is 0 Å². The summed E-state index contributed by atoms with van der Waals surface area (Å²) in [4.78, 5) is 28.4. The summed E-state index contributed by atoms with van der Waals surface area (Å²) in [7, 11) is -2.06. The average molecular weight is 562 g/mol. The summed E-state index contributed by atoms with van der Waals surface area (Å²) in [5, 5.41) is 3.13. The highest BCUT2D eigenvalue weighted by molar-refractivity contribution is 7.92. The molecule has 0 saturated heterocycles. The molecule has 0 heterocycles. The summed E-state index contributed by atoms with van der Waals surface area (Å²) in [5.74, 6) is -0.210. The third-order valence-corrected chi connectivity index (χ3v) is 8.31. The van der Waals surface area contributed by atoms with Gasteiger partial charge >= 0.3 is 0 Å². The summed E-state index contributed by atoms with van der Waals surface area (Å²) in [5.41, 5.74) is 1.19. The van der Waals surface area contributed by atoms with Crippen LogP contribution in [0, 0.1) is 5.82 Å². The first kappa shape index (κ1) is 30.4. The zero-order chi connectivity index (χ0) is 28.4. The van der Waals surface area contributed by atoms with Crippen molar-refractivity contribution in [3.63, 3.8) is 0 Å². The smallest absolute Gasteiger partial charge is 0.243 e. The van der Waals surface area contributed by atoms with E-state index in [9.17, 15) is 22.4 Å². The summed E-state index contributed by atoms with van der Waals surface area (Å²) in [6.07, 6.45) is 7.04. The number of benzene rings is 2. The third kappa shape index (κ3) is 8.95. The first-order valence-corrected chi connectivity index (χ1v) is 15.4. The number of rotatable bonds is 13. The lowest BCUT2D eigenvalue weighted by Crippen LogP contribution is -2.51. The Balaban J connectivity index is 1.74. The molecule has 3 rings (SSSR count). The van der Waals surface area contributed by atoms with Crippen LogP contribution >= 0.6 is 0 Å². The molecule has 0 radical (unpaired) electrons. The van der Waals surface area contributed by atoms with E-state index in [1.165, 1.54) is 30.0 Å². The number of halogens is 1. The Morgan fingerprint density at radius 3 is 2.26 bits per heavy atom. The van der Waals surface area contributed by atoms with Crippen molar-refractivity contribution in [3.05, 3.63) is 59.9 Å². The predicted octanol–water partition coefficient (Wildman–Crippen LogP) is 4.64. The van der Waals surface area contributed by atoms with Crippen LogP contribution in [0.1, 0.15) is 63.9 Å². The molecule has 2 aromatic carbocycles. The van der Waals surface area contributed by atoms with Crippen molar-refractivity contribution in [2.75, 3.05) is 24.2 Å². The lowest BCUT2D eigenvalue weighted by Gasteiger charge is -2.33. The third-order valence-electron chi connectivity index (χ3n) is 7.12. The summed E-state index contributed by atoms with van der Waals surface area (Å²) < 4.78 is 45.0. The molecular weight excluding hydrogens is 521 g/mol. The van der Waals surface area contributed by atoms with Crippen molar-refractivity contribution >= 4 is 27.5 Å². The second kappa shape index (κ2) is 14.3. The molecule has 1 saturated carbocycles. The maximum atomic E-state index is 13.6. The number of carbonyl (C=O) groups excluding carboxylic acids is 2. The molecule has 10 heteroatoms. The molecule has 0 spiro atoms. The van der Waals surface area contributed by atoms with Gasteiger partial charge in [-0.1, -0.05) is 38.3 Å². The van der Waals surface area contributed by atoms with Gasteiger partial charge in [0.25, 0.3) is 0 Å². The van der Waals surface area contributed by atoms with Crippen LogP contribution in [0.2, 0.25) is 0 Å². The van der Waals surface area contributed by atoms with Gasteiger partial charge in [-0.2, -0.15) is 0 Å². The average Bonchev–Trinajstić information content (AvgIpc) is 2.92. The molecule has 1 aliphatic rings. The van der Waals surface area contributed by atoms with Gasteiger partial charge in [-0.05, 0) is 67.6 Å². The zero-order valence-electron chi connectivity index (χ0n) is 23.1. The van der Waals surface area contributed by atoms with Crippen molar-refractivity contribution in [1.29, 1.82) is 0 Å². The molecule has 0 aromatic heterocycles. The van der Waals surface area contributed by atoms with Crippen molar-refractivity contribution in [3.8, 4) is 5.75 Å². The van der Waals surface area contributed by atoms with Crippen molar-refractivity contribution in [2.24, 2.45) is 0 Å². The number of amides is 2. The van der Waals surface area contributed by atoms with Gasteiger partial charge in [-0.25, -0.2) is 12.8 Å². The van der Waals surface area contributed by atoms with E-state index in [0.717, 1.165) is 31.9 Å². The van der Waals surface area contributed by atoms with Crippen LogP contribution in [0.15, 0.2) is 48.5 Å². The highest BCUT2D eigenvalue weighted by atomic mass is 32.2. The van der Waals surface area contributed by atoms with E-state index in [2.05, 4.69) is 5.32 Å². The Bertz CT molecular complexity index is 1180. The van der Waals surface area contributed by atoms with Crippen LogP contribution in [0.4, 0.5) is 10.1 Å². The number of hydrogen-bond donors (Lipinski definition) is 1. The Kier molecular flexibility index (Phi) is 11.2. The fourth-order valence-electron chi connectivity index (χ4n) is 5.00. The first-order valence-electron chi connectivity index (χ1n) is 13.6. The minimum Gasteiger partial charge on any atom is -0.497 e. The fourth-order valence-corrected chi connectivity index (χ4v) is 5.97. The molecule has 1 atom stereocenters. The minimum atomic E-state index is -3.59. The van der Waals surface area contributed by atoms with Crippen molar-refractivity contribution < 1.29 is 27.1 Å². The standard InChI is InChI=1S/C29H40FN3O5S/c1-4-27(29(35)31-24-9-6-5-7-10-24)32(21-22-12-14-23(30)15-13-22)28(34)11-8-20-33(39(3,36)37)25-16-18-26(38-2)19-17-25/h12-19,24,27H,4-11,20-21H2,1-3H3,(H,31,35). The Morgan fingerprint density at radius 1 is 1.05 bits per heavy atom. The van der Waals surface area contributed by atoms with E-state index in [0.29, 0.717) is 23.4 Å². The molecule has 1 unspecified atom stereocenters. The number of sulfonamides is 1. The lowest BCUT2D eigenvalue weighted by atomic mass is 9.95. The highest BCUT2D eigenvalue weighted by Crippen LogP contribution is 2.23. The van der Waals surface area contributed by atoms with Gasteiger partial charge < -0.3 is 15.0 Å². The lowest BCUT2D eigenvalue weighted by molar-refractivity contribution is -0.141. The molecule has 0 aliphatic heterocycles. The SMILES string of the molecule is CCC(C(=O)NC1CCCCC1)N(Cc1ccc(F)cc1)C(=O)CCCN(c1ccc(OC)cc1)S(C)(=O)=O. The number of carbonyl (C=O) groups is 2. The highest BCUT2D eigenvalue weighted by Gasteiger charge is 2.30. The first-order chi connectivity index (χ1) is 18.6. The van der Waals surface area contributed by atoms with Crippen LogP contribution < -0.4 is 14.4 Å². The van der Waals surface area contributed by atoms with Crippen LogP contribution in [0.25, 0.3) is 0 Å². The maximum absolute atomic E-state index is 13.6. The van der Waals surface area contributed by atoms with Crippen molar-refractivity contribution in [1.82, 2.24) is 10.2 Å². The van der Waals surface area contributed by atoms with E-state index in [4.69, 9.17) is 4.74 Å². The topological polar surface area (TPSA) is 96.0 Å². The molecule has 1 N–H and O–H groups in total. The summed E-state index contributed by atoms with van der Waals surface area (Å²) >= 11 is 0. The Morgan fingerprint density at radius 2 is 1.69 bits per heavy atom. The van der Waals surface area contributed by atoms with Gasteiger partial charge in [0, 0.05) is 25.6 Å². The molecule has 39 heavy (non-hydrogen) atoms. The number of hydrogen-bond acceptors (Lipinski definition) is 5. The second-order valence-corrected chi connectivity index (χ2v) is 12.0. The molecule has 1 fully saturated rings. The normalized spacial score (nSPS) is 14.9.